The van der Waals surface area contributed by atoms with Gasteiger partial charge in [0.1, 0.15) is 5.82 Å². The Morgan fingerprint density at radius 3 is 2.44 bits per heavy atom. The molecule has 1 aromatic carbocycles. The Balaban J connectivity index is 2.08. The Hall–Kier alpha value is -0.930. The summed E-state index contributed by atoms with van der Waals surface area (Å²) in [5.74, 6) is -0.0896. The van der Waals surface area contributed by atoms with Crippen molar-refractivity contribution < 1.29 is 9.13 Å². The molecule has 0 aromatic heterocycles. The van der Waals surface area contributed by atoms with Crippen LogP contribution in [-0.4, -0.2) is 31.2 Å². The number of hydrogen-bond acceptors (Lipinski definition) is 2. The molecule has 1 aliphatic heterocycles. The molecule has 100 valence electrons. The minimum absolute atomic E-state index is 0.0896. The zero-order valence-corrected chi connectivity index (χ0v) is 11.5. The monoisotopic (exact) mass is 251 g/mol. The first-order valence-electron chi connectivity index (χ1n) is 6.56. The second-order valence-corrected chi connectivity index (χ2v) is 5.95. The first-order chi connectivity index (χ1) is 8.47. The van der Waals surface area contributed by atoms with Crippen LogP contribution in [0.25, 0.3) is 0 Å². The lowest BCUT2D eigenvalue weighted by Crippen LogP contribution is -2.35. The molecule has 1 fully saturated rings. The van der Waals surface area contributed by atoms with Crippen molar-refractivity contribution in [1.29, 1.82) is 0 Å². The fourth-order valence-electron chi connectivity index (χ4n) is 2.28. The normalized spacial score (nSPS) is 18.0. The maximum absolute atomic E-state index is 14.1. The molecule has 1 aromatic rings. The van der Waals surface area contributed by atoms with Gasteiger partial charge in [-0.3, -0.25) is 4.90 Å². The maximum Gasteiger partial charge on any atom is 0.127 e. The highest BCUT2D eigenvalue weighted by molar-refractivity contribution is 5.29. The number of rotatable bonds is 2. The van der Waals surface area contributed by atoms with Crippen molar-refractivity contribution in [2.75, 3.05) is 26.3 Å². The van der Waals surface area contributed by atoms with E-state index in [9.17, 15) is 4.39 Å². The van der Waals surface area contributed by atoms with E-state index >= 15 is 0 Å². The SMILES string of the molecule is CC(C)(C)c1ccc(CN2CCOCC2)cc1F. The Bertz CT molecular complexity index is 405. The zero-order valence-electron chi connectivity index (χ0n) is 11.5. The summed E-state index contributed by atoms with van der Waals surface area (Å²) in [7, 11) is 0. The molecule has 2 nitrogen and oxygen atoms in total. The second-order valence-electron chi connectivity index (χ2n) is 5.95. The van der Waals surface area contributed by atoms with Crippen molar-refractivity contribution in [2.24, 2.45) is 0 Å². The highest BCUT2D eigenvalue weighted by atomic mass is 19.1. The highest BCUT2D eigenvalue weighted by Gasteiger charge is 2.19. The van der Waals surface area contributed by atoms with Gasteiger partial charge >= 0.3 is 0 Å². The summed E-state index contributed by atoms with van der Waals surface area (Å²) in [6.07, 6.45) is 0. The molecule has 0 spiro atoms. The first-order valence-corrected chi connectivity index (χ1v) is 6.56. The molecule has 0 aliphatic carbocycles. The van der Waals surface area contributed by atoms with Gasteiger partial charge in [-0.15, -0.1) is 0 Å². The third-order valence-electron chi connectivity index (χ3n) is 3.35. The van der Waals surface area contributed by atoms with Crippen molar-refractivity contribution in [3.05, 3.63) is 35.1 Å². The molecule has 0 amide bonds. The van der Waals surface area contributed by atoms with Gasteiger partial charge in [-0.05, 0) is 22.6 Å². The smallest absolute Gasteiger partial charge is 0.127 e. The molecule has 0 N–H and O–H groups in total. The highest BCUT2D eigenvalue weighted by Crippen LogP contribution is 2.25. The summed E-state index contributed by atoms with van der Waals surface area (Å²) in [5.41, 5.74) is 1.69. The molecule has 1 aliphatic rings. The Morgan fingerprint density at radius 2 is 1.89 bits per heavy atom. The lowest BCUT2D eigenvalue weighted by molar-refractivity contribution is 0.0341. The van der Waals surface area contributed by atoms with Gasteiger partial charge in [0, 0.05) is 19.6 Å². The fourth-order valence-corrected chi connectivity index (χ4v) is 2.28. The van der Waals surface area contributed by atoms with Gasteiger partial charge in [0.25, 0.3) is 0 Å². The molecule has 0 unspecified atom stereocenters. The van der Waals surface area contributed by atoms with Crippen LogP contribution in [-0.2, 0) is 16.7 Å². The third kappa shape index (κ3) is 3.30. The van der Waals surface area contributed by atoms with Crippen LogP contribution in [0.4, 0.5) is 4.39 Å². The Kier molecular flexibility index (Phi) is 4.03. The number of benzene rings is 1. The van der Waals surface area contributed by atoms with Crippen molar-refractivity contribution in [3.63, 3.8) is 0 Å². The van der Waals surface area contributed by atoms with E-state index in [4.69, 9.17) is 4.74 Å². The van der Waals surface area contributed by atoms with Crippen molar-refractivity contribution in [2.45, 2.75) is 32.7 Å². The number of nitrogens with zero attached hydrogens (tertiary/aromatic N) is 1. The van der Waals surface area contributed by atoms with Crippen LogP contribution in [0.3, 0.4) is 0 Å². The van der Waals surface area contributed by atoms with Gasteiger partial charge in [0.15, 0.2) is 0 Å². The first kappa shape index (κ1) is 13.5. The van der Waals surface area contributed by atoms with E-state index in [1.807, 2.05) is 32.9 Å². The van der Waals surface area contributed by atoms with Crippen LogP contribution in [0, 0.1) is 5.82 Å². The molecular weight excluding hydrogens is 229 g/mol. The van der Waals surface area contributed by atoms with E-state index in [1.54, 1.807) is 6.07 Å². The average molecular weight is 251 g/mol. The van der Waals surface area contributed by atoms with Gasteiger partial charge in [-0.25, -0.2) is 4.39 Å². The second kappa shape index (κ2) is 5.37. The topological polar surface area (TPSA) is 12.5 Å². The molecule has 0 bridgehead atoms. The molecule has 1 saturated heterocycles. The molecule has 1 heterocycles. The molecule has 0 radical (unpaired) electrons. The van der Waals surface area contributed by atoms with Crippen LogP contribution in [0.15, 0.2) is 18.2 Å². The molecule has 0 saturated carbocycles. The van der Waals surface area contributed by atoms with Gasteiger partial charge < -0.3 is 4.74 Å². The van der Waals surface area contributed by atoms with Crippen molar-refractivity contribution in [3.8, 4) is 0 Å². The minimum Gasteiger partial charge on any atom is -0.379 e. The van der Waals surface area contributed by atoms with Crippen LogP contribution in [0.1, 0.15) is 31.9 Å². The van der Waals surface area contributed by atoms with Crippen LogP contribution >= 0.6 is 0 Å². The lowest BCUT2D eigenvalue weighted by Gasteiger charge is -2.27. The minimum atomic E-state index is -0.137. The van der Waals surface area contributed by atoms with E-state index in [-0.39, 0.29) is 11.2 Å². The Labute approximate surface area is 109 Å². The molecule has 18 heavy (non-hydrogen) atoms. The van der Waals surface area contributed by atoms with Crippen molar-refractivity contribution in [1.82, 2.24) is 4.90 Å². The number of halogens is 1. The van der Waals surface area contributed by atoms with Gasteiger partial charge in [-0.2, -0.15) is 0 Å². The van der Waals surface area contributed by atoms with Crippen LogP contribution in [0.2, 0.25) is 0 Å². The third-order valence-corrected chi connectivity index (χ3v) is 3.35. The zero-order chi connectivity index (χ0) is 13.2. The summed E-state index contributed by atoms with van der Waals surface area (Å²) in [4.78, 5) is 2.30. The lowest BCUT2D eigenvalue weighted by atomic mass is 9.86. The van der Waals surface area contributed by atoms with E-state index < -0.39 is 0 Å². The summed E-state index contributed by atoms with van der Waals surface area (Å²) < 4.78 is 19.4. The van der Waals surface area contributed by atoms with Gasteiger partial charge in [-0.1, -0.05) is 32.9 Å². The molecule has 2 rings (SSSR count). The van der Waals surface area contributed by atoms with E-state index in [0.717, 1.165) is 44.0 Å². The summed E-state index contributed by atoms with van der Waals surface area (Å²) >= 11 is 0. The van der Waals surface area contributed by atoms with Crippen LogP contribution in [0.5, 0.6) is 0 Å². The summed E-state index contributed by atoms with van der Waals surface area (Å²) in [5, 5.41) is 0. The Morgan fingerprint density at radius 1 is 1.22 bits per heavy atom. The van der Waals surface area contributed by atoms with Gasteiger partial charge in [0.2, 0.25) is 0 Å². The predicted molar refractivity (Wildman–Crippen MR) is 71.2 cm³/mol. The largest absolute Gasteiger partial charge is 0.379 e. The van der Waals surface area contributed by atoms with E-state index in [0.29, 0.717) is 0 Å². The fraction of sp³-hybridized carbons (Fsp3) is 0.600. The number of morpholine rings is 1. The van der Waals surface area contributed by atoms with Crippen LogP contribution < -0.4 is 0 Å². The quantitative estimate of drug-likeness (QED) is 0.801. The predicted octanol–water partition coefficient (Wildman–Crippen LogP) is 2.96. The summed E-state index contributed by atoms with van der Waals surface area (Å²) in [6, 6.07) is 5.64. The average Bonchev–Trinajstić information content (AvgIpc) is 2.28. The van der Waals surface area contributed by atoms with Crippen molar-refractivity contribution >= 4 is 0 Å². The molecular formula is C15H22FNO. The molecule has 3 heteroatoms. The number of ether oxygens (including phenoxy) is 1. The summed E-state index contributed by atoms with van der Waals surface area (Å²) in [6.45, 7) is 10.3. The van der Waals surface area contributed by atoms with E-state index in [2.05, 4.69) is 4.90 Å². The van der Waals surface area contributed by atoms with E-state index in [1.165, 1.54) is 0 Å². The maximum atomic E-state index is 14.1. The van der Waals surface area contributed by atoms with Gasteiger partial charge in [0.05, 0.1) is 13.2 Å². The number of hydrogen-bond donors (Lipinski definition) is 0. The molecule has 0 atom stereocenters. The standard InChI is InChI=1S/C15H22FNO/c1-15(2,3)13-5-4-12(10-14(13)16)11-17-6-8-18-9-7-17/h4-5,10H,6-9,11H2,1-3H3.